The van der Waals surface area contributed by atoms with Gasteiger partial charge in [0.15, 0.2) is 0 Å². The molecule has 1 amide bonds. The van der Waals surface area contributed by atoms with Gasteiger partial charge in [-0.1, -0.05) is 30.3 Å². The van der Waals surface area contributed by atoms with Crippen LogP contribution in [0, 0.1) is 6.92 Å². The number of furan rings is 1. The van der Waals surface area contributed by atoms with Gasteiger partial charge in [0.25, 0.3) is 11.7 Å². The number of rotatable bonds is 8. The molecule has 2 aromatic carbocycles. The van der Waals surface area contributed by atoms with Gasteiger partial charge in [-0.15, -0.1) is 0 Å². The van der Waals surface area contributed by atoms with E-state index in [1.54, 1.807) is 10.8 Å². The Morgan fingerprint density at radius 1 is 0.947 bits per heavy atom. The SMILES string of the molecule is Cc1cc(-c2ccccc2)c(C(=O)C(=O)Nc2ccc(N3CCN(C(C)Cc4ccco4)CC3)cc2)n1C. The number of anilines is 2. The number of aromatic nitrogens is 1. The normalized spacial score (nSPS) is 14.9. The van der Waals surface area contributed by atoms with Gasteiger partial charge in [-0.3, -0.25) is 14.5 Å². The second-order valence-corrected chi connectivity index (χ2v) is 9.96. The molecule has 38 heavy (non-hydrogen) atoms. The average molecular weight is 511 g/mol. The third kappa shape index (κ3) is 5.43. The summed E-state index contributed by atoms with van der Waals surface area (Å²) in [5.41, 5.74) is 4.69. The summed E-state index contributed by atoms with van der Waals surface area (Å²) >= 11 is 0. The van der Waals surface area contributed by atoms with Gasteiger partial charge in [0.2, 0.25) is 0 Å². The van der Waals surface area contributed by atoms with Gasteiger partial charge in [-0.2, -0.15) is 0 Å². The molecule has 5 rings (SSSR count). The number of benzene rings is 2. The van der Waals surface area contributed by atoms with Crippen molar-refractivity contribution in [1.29, 1.82) is 0 Å². The molecular weight excluding hydrogens is 476 g/mol. The first kappa shape index (κ1) is 25.5. The molecule has 0 radical (unpaired) electrons. The topological polar surface area (TPSA) is 70.7 Å². The van der Waals surface area contributed by atoms with E-state index < -0.39 is 11.7 Å². The number of hydrogen-bond acceptors (Lipinski definition) is 5. The predicted octanol–water partition coefficient (Wildman–Crippen LogP) is 5.17. The molecule has 0 spiro atoms. The van der Waals surface area contributed by atoms with Crippen LogP contribution in [0.25, 0.3) is 11.1 Å². The highest BCUT2D eigenvalue weighted by molar-refractivity contribution is 6.47. The van der Waals surface area contributed by atoms with Crippen molar-refractivity contribution in [3.05, 3.63) is 96.2 Å². The summed E-state index contributed by atoms with van der Waals surface area (Å²) in [5.74, 6) is -0.173. The maximum Gasteiger partial charge on any atom is 0.298 e. The number of amides is 1. The second-order valence-electron chi connectivity index (χ2n) is 9.96. The fourth-order valence-corrected chi connectivity index (χ4v) is 5.16. The van der Waals surface area contributed by atoms with Crippen LogP contribution in [0.2, 0.25) is 0 Å². The third-order valence-electron chi connectivity index (χ3n) is 7.48. The number of ketones is 1. The van der Waals surface area contributed by atoms with Crippen LogP contribution >= 0.6 is 0 Å². The minimum atomic E-state index is -0.643. The summed E-state index contributed by atoms with van der Waals surface area (Å²) in [7, 11) is 1.81. The van der Waals surface area contributed by atoms with Crippen molar-refractivity contribution >= 4 is 23.1 Å². The van der Waals surface area contributed by atoms with Crippen LogP contribution < -0.4 is 10.2 Å². The van der Waals surface area contributed by atoms with Crippen LogP contribution in [0.3, 0.4) is 0 Å². The first-order chi connectivity index (χ1) is 18.4. The number of aryl methyl sites for hydroxylation is 1. The number of piperazine rings is 1. The predicted molar refractivity (Wildman–Crippen MR) is 151 cm³/mol. The molecule has 1 aliphatic heterocycles. The smallest absolute Gasteiger partial charge is 0.298 e. The Bertz CT molecular complexity index is 1380. The van der Waals surface area contributed by atoms with Crippen molar-refractivity contribution < 1.29 is 14.0 Å². The lowest BCUT2D eigenvalue weighted by molar-refractivity contribution is -0.112. The number of Topliss-reactive ketones (excluding diaryl/α,β-unsaturated/α-hetero) is 1. The van der Waals surface area contributed by atoms with E-state index in [2.05, 4.69) is 22.0 Å². The Morgan fingerprint density at radius 3 is 2.32 bits per heavy atom. The zero-order valence-electron chi connectivity index (χ0n) is 22.2. The minimum Gasteiger partial charge on any atom is -0.469 e. The first-order valence-electron chi connectivity index (χ1n) is 13.1. The van der Waals surface area contributed by atoms with Gasteiger partial charge in [0.05, 0.1) is 6.26 Å². The molecule has 1 aliphatic rings. The Kier molecular flexibility index (Phi) is 7.47. The van der Waals surface area contributed by atoms with E-state index in [4.69, 9.17) is 4.42 Å². The largest absolute Gasteiger partial charge is 0.469 e. The lowest BCUT2D eigenvalue weighted by atomic mass is 10.0. The molecule has 3 heterocycles. The summed E-state index contributed by atoms with van der Waals surface area (Å²) in [5, 5.41) is 2.79. The van der Waals surface area contributed by atoms with Crippen molar-refractivity contribution in [2.45, 2.75) is 26.3 Å². The van der Waals surface area contributed by atoms with Crippen LogP contribution in [0.4, 0.5) is 11.4 Å². The second kappa shape index (κ2) is 11.1. The molecule has 0 saturated carbocycles. The molecule has 196 valence electrons. The highest BCUT2D eigenvalue weighted by atomic mass is 16.3. The lowest BCUT2D eigenvalue weighted by Gasteiger charge is -2.39. The number of carbonyl (C=O) groups excluding carboxylic acids is 2. The number of nitrogens with one attached hydrogen (secondary N) is 1. The van der Waals surface area contributed by atoms with E-state index >= 15 is 0 Å². The maximum atomic E-state index is 13.2. The number of hydrogen-bond donors (Lipinski definition) is 1. The number of nitrogens with zero attached hydrogens (tertiary/aromatic N) is 3. The van der Waals surface area contributed by atoms with E-state index in [9.17, 15) is 9.59 Å². The molecule has 7 nitrogen and oxygen atoms in total. The van der Waals surface area contributed by atoms with E-state index in [0.29, 0.717) is 17.4 Å². The first-order valence-corrected chi connectivity index (χ1v) is 13.1. The van der Waals surface area contributed by atoms with E-state index in [0.717, 1.165) is 60.9 Å². The Hall–Kier alpha value is -4.10. The highest BCUT2D eigenvalue weighted by Crippen LogP contribution is 2.28. The molecular formula is C31H34N4O3. The molecule has 1 saturated heterocycles. The van der Waals surface area contributed by atoms with Crippen molar-refractivity contribution in [2.75, 3.05) is 36.4 Å². The zero-order chi connectivity index (χ0) is 26.6. The van der Waals surface area contributed by atoms with Gasteiger partial charge in [-0.25, -0.2) is 0 Å². The van der Waals surface area contributed by atoms with Crippen molar-refractivity contribution in [1.82, 2.24) is 9.47 Å². The third-order valence-corrected chi connectivity index (χ3v) is 7.48. The van der Waals surface area contributed by atoms with Gasteiger partial charge in [0.1, 0.15) is 11.5 Å². The molecule has 1 N–H and O–H groups in total. The summed E-state index contributed by atoms with van der Waals surface area (Å²) < 4.78 is 7.29. The summed E-state index contributed by atoms with van der Waals surface area (Å²) in [4.78, 5) is 31.0. The standard InChI is InChI=1S/C31H34N4O3/c1-22-21-28(24-8-5-4-6-9-24)29(33(22)3)30(36)31(37)32-25-11-13-26(14-12-25)35-17-15-34(16-18-35)23(2)20-27-10-7-19-38-27/h4-14,19,21,23H,15-18,20H2,1-3H3,(H,32,37). The molecule has 1 fully saturated rings. The summed E-state index contributed by atoms with van der Waals surface area (Å²) in [6, 6.07) is 23.7. The molecule has 0 aliphatic carbocycles. The Morgan fingerprint density at radius 2 is 1.66 bits per heavy atom. The lowest BCUT2D eigenvalue weighted by Crippen LogP contribution is -2.50. The van der Waals surface area contributed by atoms with Gasteiger partial charge in [0, 0.05) is 68.3 Å². The number of carbonyl (C=O) groups is 2. The molecule has 0 bridgehead atoms. The quantitative estimate of drug-likeness (QED) is 0.262. The summed E-state index contributed by atoms with van der Waals surface area (Å²) in [6.07, 6.45) is 2.64. The fourth-order valence-electron chi connectivity index (χ4n) is 5.16. The van der Waals surface area contributed by atoms with Gasteiger partial charge in [-0.05, 0) is 61.9 Å². The van der Waals surface area contributed by atoms with Crippen LogP contribution in [0.1, 0.15) is 28.9 Å². The maximum absolute atomic E-state index is 13.2. The van der Waals surface area contributed by atoms with Gasteiger partial charge >= 0.3 is 0 Å². The van der Waals surface area contributed by atoms with E-state index in [1.807, 2.05) is 86.8 Å². The van der Waals surface area contributed by atoms with Crippen molar-refractivity contribution in [3.63, 3.8) is 0 Å². The molecule has 2 aromatic heterocycles. The fraction of sp³-hybridized carbons (Fsp3) is 0.290. The minimum absolute atomic E-state index is 0.391. The van der Waals surface area contributed by atoms with Crippen LogP contribution in [-0.4, -0.2) is 53.4 Å². The average Bonchev–Trinajstić information content (AvgIpc) is 3.56. The monoisotopic (exact) mass is 510 g/mol. The van der Waals surface area contributed by atoms with Gasteiger partial charge < -0.3 is 19.2 Å². The van der Waals surface area contributed by atoms with Crippen LogP contribution in [0.15, 0.2) is 83.5 Å². The Labute approximate surface area is 223 Å². The summed E-state index contributed by atoms with van der Waals surface area (Å²) in [6.45, 7) is 8.00. The molecule has 1 atom stereocenters. The highest BCUT2D eigenvalue weighted by Gasteiger charge is 2.26. The van der Waals surface area contributed by atoms with Crippen LogP contribution in [0.5, 0.6) is 0 Å². The molecule has 4 aromatic rings. The van der Waals surface area contributed by atoms with E-state index in [1.165, 1.54) is 0 Å². The van der Waals surface area contributed by atoms with Crippen molar-refractivity contribution in [3.8, 4) is 11.1 Å². The van der Waals surface area contributed by atoms with Crippen LogP contribution in [-0.2, 0) is 18.3 Å². The molecule has 7 heteroatoms. The zero-order valence-corrected chi connectivity index (χ0v) is 22.2. The van der Waals surface area contributed by atoms with E-state index in [-0.39, 0.29) is 0 Å². The molecule has 1 unspecified atom stereocenters. The Balaban J connectivity index is 1.20. The van der Waals surface area contributed by atoms with Crippen molar-refractivity contribution in [2.24, 2.45) is 7.05 Å².